The van der Waals surface area contributed by atoms with Gasteiger partial charge in [0.25, 0.3) is 10.1 Å². The number of hydrogen-bond acceptors (Lipinski definition) is 5. The second-order valence-corrected chi connectivity index (χ2v) is 5.43. The molecule has 0 atom stereocenters. The molecule has 2 rings (SSSR count). The summed E-state index contributed by atoms with van der Waals surface area (Å²) in [5, 5.41) is 0. The van der Waals surface area contributed by atoms with E-state index in [2.05, 4.69) is 0 Å². The summed E-state index contributed by atoms with van der Waals surface area (Å²) in [5.41, 5.74) is 0.908. The molecule has 0 aliphatic carbocycles. The molecule has 0 amide bonds. The zero-order valence-corrected chi connectivity index (χ0v) is 10.2. The summed E-state index contributed by atoms with van der Waals surface area (Å²) in [4.78, 5) is 0. The monoisotopic (exact) mass is 258 g/mol. The van der Waals surface area contributed by atoms with E-state index < -0.39 is 22.5 Å². The third-order valence-electron chi connectivity index (χ3n) is 2.25. The largest absolute Gasteiger partial charge is 0.346 e. The minimum absolute atomic E-state index is 0.201. The molecule has 0 spiro atoms. The second kappa shape index (κ2) is 5.14. The fourth-order valence-corrected chi connectivity index (χ4v) is 2.20. The number of ether oxygens (including phenoxy) is 2. The van der Waals surface area contributed by atoms with Gasteiger partial charge in [-0.25, -0.2) is 0 Å². The average molecular weight is 258 g/mol. The van der Waals surface area contributed by atoms with E-state index in [1.165, 1.54) is 0 Å². The molecule has 0 N–H and O–H groups in total. The number of hydrogen-bond donors (Lipinski definition) is 0. The lowest BCUT2D eigenvalue weighted by Gasteiger charge is -2.28. The van der Waals surface area contributed by atoms with Gasteiger partial charge in [-0.2, -0.15) is 8.42 Å². The van der Waals surface area contributed by atoms with Crippen LogP contribution in [0, 0.1) is 0 Å². The highest BCUT2D eigenvalue weighted by molar-refractivity contribution is 7.86. The summed E-state index contributed by atoms with van der Waals surface area (Å²) >= 11 is 0. The van der Waals surface area contributed by atoms with Crippen molar-refractivity contribution >= 4 is 10.1 Å². The molecule has 17 heavy (non-hydrogen) atoms. The van der Waals surface area contributed by atoms with Crippen LogP contribution in [0.5, 0.6) is 0 Å². The van der Waals surface area contributed by atoms with Gasteiger partial charge < -0.3 is 9.47 Å². The summed E-state index contributed by atoms with van der Waals surface area (Å²) in [5.74, 6) is 0. The predicted molar refractivity (Wildman–Crippen MR) is 60.8 cm³/mol. The van der Waals surface area contributed by atoms with E-state index in [9.17, 15) is 8.42 Å². The van der Waals surface area contributed by atoms with E-state index in [1.54, 1.807) is 0 Å². The first-order valence-electron chi connectivity index (χ1n) is 5.21. The first kappa shape index (κ1) is 12.5. The molecule has 1 aliphatic rings. The summed E-state index contributed by atoms with van der Waals surface area (Å²) in [7, 11) is -3.47. The highest BCUT2D eigenvalue weighted by atomic mass is 32.2. The fraction of sp³-hybridized carbons (Fsp3) is 0.455. The van der Waals surface area contributed by atoms with Crippen LogP contribution in [0.15, 0.2) is 30.3 Å². The molecule has 0 unspecified atom stereocenters. The van der Waals surface area contributed by atoms with Gasteiger partial charge in [0, 0.05) is 5.56 Å². The highest BCUT2D eigenvalue weighted by Crippen LogP contribution is 2.23. The molecule has 1 saturated heterocycles. The van der Waals surface area contributed by atoms with Crippen LogP contribution < -0.4 is 0 Å². The fourth-order valence-electron chi connectivity index (χ4n) is 1.59. The average Bonchev–Trinajstić information content (AvgIpc) is 2.29. The zero-order chi connectivity index (χ0) is 12.3. The molecular formula is C11H14O5S. The molecule has 5 nitrogen and oxygen atoms in total. The normalized spacial score (nSPS) is 25.7. The molecule has 0 bridgehead atoms. The van der Waals surface area contributed by atoms with Crippen molar-refractivity contribution in [2.45, 2.75) is 12.4 Å². The minimum atomic E-state index is -3.47. The molecule has 1 heterocycles. The Balaban J connectivity index is 1.91. The summed E-state index contributed by atoms with van der Waals surface area (Å²) < 4.78 is 37.4. The van der Waals surface area contributed by atoms with Crippen molar-refractivity contribution in [3.63, 3.8) is 0 Å². The third kappa shape index (κ3) is 3.78. The molecule has 0 radical (unpaired) electrons. The van der Waals surface area contributed by atoms with Crippen LogP contribution in [0.1, 0.15) is 11.9 Å². The van der Waals surface area contributed by atoms with Gasteiger partial charge in [-0.1, -0.05) is 30.3 Å². The van der Waals surface area contributed by atoms with Crippen molar-refractivity contribution in [2.24, 2.45) is 0 Å². The van der Waals surface area contributed by atoms with E-state index in [-0.39, 0.29) is 13.2 Å². The molecule has 0 aromatic heterocycles. The van der Waals surface area contributed by atoms with Gasteiger partial charge in [0.2, 0.25) is 0 Å². The predicted octanol–water partition coefficient (Wildman–Crippen LogP) is 1.08. The molecule has 1 aliphatic heterocycles. The lowest BCUT2D eigenvalue weighted by Crippen LogP contribution is -2.34. The van der Waals surface area contributed by atoms with Crippen molar-refractivity contribution < 1.29 is 22.1 Å². The Labute approximate surface area is 100 Å². The Morgan fingerprint density at radius 3 is 2.29 bits per heavy atom. The van der Waals surface area contributed by atoms with Crippen molar-refractivity contribution in [1.29, 1.82) is 0 Å². The molecular weight excluding hydrogens is 244 g/mol. The van der Waals surface area contributed by atoms with Gasteiger partial charge in [-0.05, 0) is 0 Å². The summed E-state index contributed by atoms with van der Waals surface area (Å²) in [6.07, 6.45) is -0.00316. The van der Waals surface area contributed by atoms with Crippen LogP contribution in [0.2, 0.25) is 0 Å². The van der Waals surface area contributed by atoms with E-state index in [0.29, 0.717) is 0 Å². The Bertz CT molecular complexity index is 448. The van der Waals surface area contributed by atoms with Crippen molar-refractivity contribution in [1.82, 2.24) is 0 Å². The Kier molecular flexibility index (Phi) is 3.78. The first-order chi connectivity index (χ1) is 8.04. The van der Waals surface area contributed by atoms with Crippen LogP contribution in [-0.4, -0.2) is 34.0 Å². The number of rotatable bonds is 3. The van der Waals surface area contributed by atoms with Crippen LogP contribution >= 0.6 is 0 Å². The highest BCUT2D eigenvalue weighted by Gasteiger charge is 2.26. The molecule has 1 aromatic rings. The molecule has 0 saturated carbocycles. The van der Waals surface area contributed by atoms with Crippen LogP contribution in [0.25, 0.3) is 0 Å². The molecule has 1 fully saturated rings. The lowest BCUT2D eigenvalue weighted by molar-refractivity contribution is -0.214. The van der Waals surface area contributed by atoms with E-state index in [4.69, 9.17) is 13.7 Å². The van der Waals surface area contributed by atoms with Gasteiger partial charge in [-0.3, -0.25) is 4.18 Å². The lowest BCUT2D eigenvalue weighted by atomic mass is 10.2. The molecule has 1 aromatic carbocycles. The zero-order valence-electron chi connectivity index (χ0n) is 9.41. The standard InChI is InChI=1S/C11H14O5S/c1-17(12,13)16-10-7-14-11(15-8-10)9-5-3-2-4-6-9/h2-6,10-11H,7-8H2,1H3/t10-,11+. The van der Waals surface area contributed by atoms with Crippen LogP contribution in [0.4, 0.5) is 0 Å². The second-order valence-electron chi connectivity index (χ2n) is 3.83. The minimum Gasteiger partial charge on any atom is -0.346 e. The smallest absolute Gasteiger partial charge is 0.264 e. The van der Waals surface area contributed by atoms with E-state index in [1.807, 2.05) is 30.3 Å². The third-order valence-corrected chi connectivity index (χ3v) is 2.87. The van der Waals surface area contributed by atoms with Gasteiger partial charge in [0.15, 0.2) is 6.29 Å². The Morgan fingerprint density at radius 1 is 1.18 bits per heavy atom. The van der Waals surface area contributed by atoms with Crippen molar-refractivity contribution in [2.75, 3.05) is 19.5 Å². The molecule has 94 valence electrons. The maximum atomic E-state index is 10.9. The Morgan fingerprint density at radius 2 is 1.76 bits per heavy atom. The summed E-state index contributed by atoms with van der Waals surface area (Å²) in [6, 6.07) is 9.47. The molecule has 6 heteroatoms. The van der Waals surface area contributed by atoms with Crippen LogP contribution in [-0.2, 0) is 23.8 Å². The maximum absolute atomic E-state index is 10.9. The van der Waals surface area contributed by atoms with Gasteiger partial charge in [-0.15, -0.1) is 0 Å². The SMILES string of the molecule is CS(=O)(=O)O[C@H]1CO[C@@H](c2ccccc2)OC1. The van der Waals surface area contributed by atoms with Gasteiger partial charge >= 0.3 is 0 Å². The quantitative estimate of drug-likeness (QED) is 0.759. The first-order valence-corrected chi connectivity index (χ1v) is 7.03. The van der Waals surface area contributed by atoms with E-state index >= 15 is 0 Å². The van der Waals surface area contributed by atoms with Crippen LogP contribution in [0.3, 0.4) is 0 Å². The van der Waals surface area contributed by atoms with E-state index in [0.717, 1.165) is 11.8 Å². The van der Waals surface area contributed by atoms with Crippen molar-refractivity contribution in [3.8, 4) is 0 Å². The van der Waals surface area contributed by atoms with Gasteiger partial charge in [0.1, 0.15) is 6.10 Å². The van der Waals surface area contributed by atoms with Crippen molar-refractivity contribution in [3.05, 3.63) is 35.9 Å². The topological polar surface area (TPSA) is 61.8 Å². The maximum Gasteiger partial charge on any atom is 0.264 e. The number of benzene rings is 1. The Hall–Kier alpha value is -0.950. The summed E-state index contributed by atoms with van der Waals surface area (Å²) in [6.45, 7) is 0.402. The van der Waals surface area contributed by atoms with Gasteiger partial charge in [0.05, 0.1) is 19.5 Å².